The Bertz CT molecular complexity index is 395. The summed E-state index contributed by atoms with van der Waals surface area (Å²) in [5.74, 6) is 1.16. The fourth-order valence-corrected chi connectivity index (χ4v) is 2.54. The molecule has 1 rings (SSSR count). The molecule has 120 valence electrons. The smallest absolute Gasteiger partial charge is 0.131 e. The molecular formula is C18H33N3. The van der Waals surface area contributed by atoms with E-state index < -0.39 is 0 Å². The largest absolute Gasteiger partial charge is 0.356 e. The van der Waals surface area contributed by atoms with E-state index in [2.05, 4.69) is 38.7 Å². The Labute approximate surface area is 130 Å². The molecule has 2 N–H and O–H groups in total. The van der Waals surface area contributed by atoms with Crippen LogP contribution in [-0.2, 0) is 6.42 Å². The van der Waals surface area contributed by atoms with Gasteiger partial charge in [-0.1, -0.05) is 39.7 Å². The average molecular weight is 291 g/mol. The van der Waals surface area contributed by atoms with Gasteiger partial charge in [0.05, 0.1) is 0 Å². The number of unbranched alkanes of at least 4 members (excludes halogenated alkanes) is 2. The quantitative estimate of drug-likeness (QED) is 0.706. The van der Waals surface area contributed by atoms with Crippen LogP contribution in [0.15, 0.2) is 12.3 Å². The van der Waals surface area contributed by atoms with Crippen LogP contribution in [-0.4, -0.2) is 24.1 Å². The van der Waals surface area contributed by atoms with Crippen LogP contribution in [0.5, 0.6) is 0 Å². The van der Waals surface area contributed by atoms with Gasteiger partial charge >= 0.3 is 0 Å². The summed E-state index contributed by atoms with van der Waals surface area (Å²) < 4.78 is 0. The van der Waals surface area contributed by atoms with Crippen molar-refractivity contribution in [3.05, 3.63) is 23.4 Å². The molecule has 0 saturated carbocycles. The topological polar surface area (TPSA) is 42.2 Å². The highest BCUT2D eigenvalue weighted by molar-refractivity contribution is 5.47. The number of rotatable bonds is 10. The fourth-order valence-electron chi connectivity index (χ4n) is 2.54. The number of aryl methyl sites for hydroxylation is 1. The van der Waals surface area contributed by atoms with Crippen LogP contribution < -0.4 is 10.6 Å². The van der Waals surface area contributed by atoms with E-state index >= 15 is 0 Å². The van der Waals surface area contributed by atoms with Crippen molar-refractivity contribution >= 4 is 5.82 Å². The van der Waals surface area contributed by atoms with Gasteiger partial charge in [0.2, 0.25) is 0 Å². The van der Waals surface area contributed by atoms with Crippen LogP contribution in [0, 0.1) is 6.92 Å². The lowest BCUT2D eigenvalue weighted by atomic mass is 10.0. The van der Waals surface area contributed by atoms with Crippen molar-refractivity contribution in [3.8, 4) is 0 Å². The Morgan fingerprint density at radius 2 is 1.76 bits per heavy atom. The fraction of sp³-hybridized carbons (Fsp3) is 0.722. The second-order valence-corrected chi connectivity index (χ2v) is 6.05. The van der Waals surface area contributed by atoms with E-state index in [0.29, 0.717) is 0 Å². The predicted molar refractivity (Wildman–Crippen MR) is 93.0 cm³/mol. The van der Waals surface area contributed by atoms with Gasteiger partial charge in [0, 0.05) is 25.3 Å². The first-order chi connectivity index (χ1) is 10.1. The molecule has 0 aliphatic heterocycles. The lowest BCUT2D eigenvalue weighted by Crippen LogP contribution is -2.27. The van der Waals surface area contributed by atoms with Gasteiger partial charge in [0.1, 0.15) is 5.82 Å². The second-order valence-electron chi connectivity index (χ2n) is 6.05. The average Bonchev–Trinajstić information content (AvgIpc) is 2.48. The Kier molecular flexibility index (Phi) is 8.36. The van der Waals surface area contributed by atoms with Gasteiger partial charge in [-0.15, -0.1) is 0 Å². The molecular weight excluding hydrogens is 258 g/mol. The van der Waals surface area contributed by atoms with Crippen molar-refractivity contribution in [3.63, 3.8) is 0 Å². The summed E-state index contributed by atoms with van der Waals surface area (Å²) in [6, 6.07) is 2.51. The second kappa shape index (κ2) is 9.78. The van der Waals surface area contributed by atoms with Gasteiger partial charge in [0.15, 0.2) is 0 Å². The predicted octanol–water partition coefficient (Wildman–Crippen LogP) is 4.08. The summed E-state index contributed by atoms with van der Waals surface area (Å²) in [5, 5.41) is 0. The van der Waals surface area contributed by atoms with Crippen LogP contribution in [0.2, 0.25) is 0 Å². The summed E-state index contributed by atoms with van der Waals surface area (Å²) in [5.41, 5.74) is 8.59. The van der Waals surface area contributed by atoms with Crippen molar-refractivity contribution in [2.24, 2.45) is 5.73 Å². The lowest BCUT2D eigenvalue weighted by molar-refractivity contribution is 0.642. The van der Waals surface area contributed by atoms with Gasteiger partial charge in [-0.3, -0.25) is 0 Å². The van der Waals surface area contributed by atoms with Crippen molar-refractivity contribution in [1.29, 1.82) is 0 Å². The maximum absolute atomic E-state index is 6.05. The van der Waals surface area contributed by atoms with E-state index in [-0.39, 0.29) is 6.04 Å². The van der Waals surface area contributed by atoms with Crippen LogP contribution in [0.25, 0.3) is 0 Å². The van der Waals surface area contributed by atoms with E-state index in [1.807, 2.05) is 6.20 Å². The number of nitrogens with two attached hydrogens (primary N) is 1. The molecule has 1 aromatic rings. The number of aromatic nitrogens is 1. The highest BCUT2D eigenvalue weighted by Gasteiger charge is 2.11. The number of hydrogen-bond acceptors (Lipinski definition) is 3. The Balaban J connectivity index is 2.82. The first-order valence-electron chi connectivity index (χ1n) is 8.58. The van der Waals surface area contributed by atoms with Crippen LogP contribution in [0.4, 0.5) is 5.82 Å². The zero-order valence-corrected chi connectivity index (χ0v) is 14.4. The lowest BCUT2D eigenvalue weighted by Gasteiger charge is -2.25. The maximum Gasteiger partial charge on any atom is 0.131 e. The molecule has 21 heavy (non-hydrogen) atoms. The molecule has 0 fully saturated rings. The third-order valence-electron chi connectivity index (χ3n) is 3.99. The van der Waals surface area contributed by atoms with Crippen molar-refractivity contribution in [2.75, 3.05) is 18.0 Å². The van der Waals surface area contributed by atoms with Crippen molar-refractivity contribution < 1.29 is 0 Å². The van der Waals surface area contributed by atoms with Crippen molar-refractivity contribution in [2.45, 2.75) is 72.3 Å². The summed E-state index contributed by atoms with van der Waals surface area (Å²) in [4.78, 5) is 7.19. The molecule has 0 bridgehead atoms. The SMILES string of the molecule is CCCCN(CCCC)c1ncc(CC(N)CC)cc1C. The molecule has 1 heterocycles. The number of hydrogen-bond donors (Lipinski definition) is 1. The zero-order chi connectivity index (χ0) is 15.7. The summed E-state index contributed by atoms with van der Waals surface area (Å²) >= 11 is 0. The van der Waals surface area contributed by atoms with Gasteiger partial charge in [-0.05, 0) is 43.7 Å². The molecule has 0 amide bonds. The highest BCUT2D eigenvalue weighted by Crippen LogP contribution is 2.20. The van der Waals surface area contributed by atoms with Gasteiger partial charge in [-0.2, -0.15) is 0 Å². The molecule has 0 aromatic carbocycles. The zero-order valence-electron chi connectivity index (χ0n) is 14.4. The molecule has 0 aliphatic rings. The first-order valence-corrected chi connectivity index (χ1v) is 8.58. The molecule has 1 unspecified atom stereocenters. The Hall–Kier alpha value is -1.09. The van der Waals surface area contributed by atoms with E-state index in [9.17, 15) is 0 Å². The minimum Gasteiger partial charge on any atom is -0.356 e. The number of anilines is 1. The molecule has 1 atom stereocenters. The molecule has 0 aliphatic carbocycles. The molecule has 3 heteroatoms. The Morgan fingerprint density at radius 3 is 2.24 bits per heavy atom. The maximum atomic E-state index is 6.05. The molecule has 1 aromatic heterocycles. The van der Waals surface area contributed by atoms with Crippen LogP contribution in [0.1, 0.15) is 64.0 Å². The first kappa shape index (κ1) is 18.0. The Morgan fingerprint density at radius 1 is 1.14 bits per heavy atom. The normalized spacial score (nSPS) is 12.4. The van der Waals surface area contributed by atoms with E-state index in [1.165, 1.54) is 36.8 Å². The standard InChI is InChI=1S/C18H33N3/c1-5-8-10-21(11-9-6-2)18-15(4)12-16(14-20-18)13-17(19)7-3/h12,14,17H,5-11,13,19H2,1-4H3. The van der Waals surface area contributed by atoms with Crippen LogP contribution >= 0.6 is 0 Å². The monoisotopic (exact) mass is 291 g/mol. The third-order valence-corrected chi connectivity index (χ3v) is 3.99. The van der Waals surface area contributed by atoms with E-state index in [1.54, 1.807) is 0 Å². The summed E-state index contributed by atoms with van der Waals surface area (Å²) in [6.45, 7) is 11.0. The minimum absolute atomic E-state index is 0.244. The molecule has 3 nitrogen and oxygen atoms in total. The van der Waals surface area contributed by atoms with Crippen LogP contribution in [0.3, 0.4) is 0 Å². The molecule has 0 radical (unpaired) electrons. The van der Waals surface area contributed by atoms with E-state index in [0.717, 1.165) is 31.7 Å². The third kappa shape index (κ3) is 6.04. The molecule has 0 spiro atoms. The molecule has 0 saturated heterocycles. The van der Waals surface area contributed by atoms with Crippen molar-refractivity contribution in [1.82, 2.24) is 4.98 Å². The number of nitrogens with zero attached hydrogens (tertiary/aromatic N) is 2. The highest BCUT2D eigenvalue weighted by atomic mass is 15.2. The minimum atomic E-state index is 0.244. The summed E-state index contributed by atoms with van der Waals surface area (Å²) in [7, 11) is 0. The van der Waals surface area contributed by atoms with Gasteiger partial charge < -0.3 is 10.6 Å². The van der Waals surface area contributed by atoms with Gasteiger partial charge in [-0.25, -0.2) is 4.98 Å². The van der Waals surface area contributed by atoms with E-state index in [4.69, 9.17) is 10.7 Å². The van der Waals surface area contributed by atoms with Gasteiger partial charge in [0.25, 0.3) is 0 Å². The number of pyridine rings is 1. The summed E-state index contributed by atoms with van der Waals surface area (Å²) in [6.07, 6.45) is 8.87.